The predicted molar refractivity (Wildman–Crippen MR) is 81.5 cm³/mol. The average molecular weight is 272 g/mol. The van der Waals surface area contributed by atoms with Crippen LogP contribution in [-0.4, -0.2) is 48.4 Å². The molecule has 2 rings (SSSR count). The molecule has 1 aromatic rings. The molecule has 0 aliphatic carbocycles. The van der Waals surface area contributed by atoms with E-state index in [0.29, 0.717) is 0 Å². The second kappa shape index (κ2) is 7.22. The molecule has 0 unspecified atom stereocenters. The molecule has 0 atom stereocenters. The fraction of sp³-hybridized carbons (Fsp3) is 0.438. The highest BCUT2D eigenvalue weighted by molar-refractivity contribution is 5.98. The first-order valence-electron chi connectivity index (χ1n) is 7.09. The van der Waals surface area contributed by atoms with Crippen molar-refractivity contribution in [1.29, 1.82) is 0 Å². The first-order chi connectivity index (χ1) is 9.71. The van der Waals surface area contributed by atoms with Gasteiger partial charge < -0.3 is 10.2 Å². The van der Waals surface area contributed by atoms with Crippen LogP contribution in [0.15, 0.2) is 30.9 Å². The number of likely N-dealkylation sites (N-methyl/N-ethyl adjacent to an activating group) is 1. The minimum atomic E-state index is -0.188. The number of carbonyl (C=O) groups excluding carboxylic acids is 1. The van der Waals surface area contributed by atoms with Crippen LogP contribution < -0.4 is 5.32 Å². The summed E-state index contributed by atoms with van der Waals surface area (Å²) in [6, 6.07) is 8.85. The van der Waals surface area contributed by atoms with Crippen molar-refractivity contribution < 1.29 is 4.79 Å². The zero-order valence-electron chi connectivity index (χ0n) is 12.1. The van der Waals surface area contributed by atoms with Gasteiger partial charge in [0.15, 0.2) is 0 Å². The molecule has 1 radical (unpaired) electrons. The average Bonchev–Trinajstić information content (AvgIpc) is 2.48. The zero-order valence-corrected chi connectivity index (χ0v) is 12.1. The molecule has 1 saturated heterocycles. The van der Waals surface area contributed by atoms with Crippen LogP contribution in [-0.2, 0) is 11.3 Å². The number of nitrogens with one attached hydrogen (secondary N) is 1. The van der Waals surface area contributed by atoms with E-state index in [1.165, 1.54) is 11.6 Å². The van der Waals surface area contributed by atoms with Gasteiger partial charge in [0.05, 0.1) is 0 Å². The molecule has 0 saturated carbocycles. The van der Waals surface area contributed by atoms with Crippen LogP contribution in [0, 0.1) is 6.07 Å². The standard InChI is InChI=1S/C16H22N3O/c1-3-16(20)17-15-7-5-6-14(12-15)13-19-10-8-18(4-2)9-11-19/h3,6-7,12H,1,4,8-11,13H2,2H3,(H,17,20). The molecule has 1 amide bonds. The Kier molecular flexibility index (Phi) is 5.32. The highest BCUT2D eigenvalue weighted by atomic mass is 16.1. The summed E-state index contributed by atoms with van der Waals surface area (Å²) in [7, 11) is 0. The smallest absolute Gasteiger partial charge is 0.247 e. The van der Waals surface area contributed by atoms with Crippen molar-refractivity contribution in [2.24, 2.45) is 0 Å². The van der Waals surface area contributed by atoms with Crippen molar-refractivity contribution >= 4 is 11.6 Å². The summed E-state index contributed by atoms with van der Waals surface area (Å²) in [6.07, 6.45) is 1.27. The highest BCUT2D eigenvalue weighted by Gasteiger charge is 2.15. The van der Waals surface area contributed by atoms with Crippen LogP contribution in [0.25, 0.3) is 0 Å². The minimum Gasteiger partial charge on any atom is -0.322 e. The molecule has 4 heteroatoms. The number of carbonyl (C=O) groups is 1. The quantitative estimate of drug-likeness (QED) is 0.830. The summed E-state index contributed by atoms with van der Waals surface area (Å²) < 4.78 is 0. The molecule has 0 bridgehead atoms. The summed E-state index contributed by atoms with van der Waals surface area (Å²) in [5, 5.41) is 2.77. The number of rotatable bonds is 5. The number of hydrogen-bond acceptors (Lipinski definition) is 3. The monoisotopic (exact) mass is 272 g/mol. The minimum absolute atomic E-state index is 0.188. The number of nitrogens with zero attached hydrogens (tertiary/aromatic N) is 2. The van der Waals surface area contributed by atoms with Gasteiger partial charge in [0.2, 0.25) is 5.91 Å². The Balaban J connectivity index is 1.91. The molecule has 20 heavy (non-hydrogen) atoms. The van der Waals surface area contributed by atoms with Crippen LogP contribution in [0.4, 0.5) is 5.69 Å². The Morgan fingerprint density at radius 3 is 2.70 bits per heavy atom. The van der Waals surface area contributed by atoms with Crippen LogP contribution in [0.2, 0.25) is 0 Å². The van der Waals surface area contributed by atoms with Crippen molar-refractivity contribution in [2.75, 3.05) is 38.0 Å². The van der Waals surface area contributed by atoms with Gasteiger partial charge in [0.25, 0.3) is 0 Å². The molecule has 0 aromatic heterocycles. The lowest BCUT2D eigenvalue weighted by atomic mass is 10.1. The normalized spacial score (nSPS) is 16.9. The molecule has 1 fully saturated rings. The first kappa shape index (κ1) is 14.8. The lowest BCUT2D eigenvalue weighted by Gasteiger charge is -2.34. The maximum Gasteiger partial charge on any atom is 0.247 e. The summed E-state index contributed by atoms with van der Waals surface area (Å²) in [5.74, 6) is -0.188. The van der Waals surface area contributed by atoms with E-state index < -0.39 is 0 Å². The highest BCUT2D eigenvalue weighted by Crippen LogP contribution is 2.13. The van der Waals surface area contributed by atoms with Crippen molar-refractivity contribution in [3.8, 4) is 0 Å². The van der Waals surface area contributed by atoms with Gasteiger partial charge in [0.1, 0.15) is 0 Å². The summed E-state index contributed by atoms with van der Waals surface area (Å²) in [5.41, 5.74) is 1.96. The Morgan fingerprint density at radius 2 is 2.05 bits per heavy atom. The van der Waals surface area contributed by atoms with Gasteiger partial charge in [0, 0.05) is 38.4 Å². The molecular weight excluding hydrogens is 250 g/mol. The Bertz CT molecular complexity index is 465. The van der Waals surface area contributed by atoms with E-state index in [2.05, 4.69) is 34.7 Å². The van der Waals surface area contributed by atoms with Gasteiger partial charge in [-0.25, -0.2) is 0 Å². The van der Waals surface area contributed by atoms with Gasteiger partial charge in [-0.3, -0.25) is 9.69 Å². The summed E-state index contributed by atoms with van der Waals surface area (Å²) in [4.78, 5) is 16.2. The van der Waals surface area contributed by atoms with Gasteiger partial charge >= 0.3 is 0 Å². The van der Waals surface area contributed by atoms with Gasteiger partial charge in [-0.2, -0.15) is 0 Å². The molecule has 1 aromatic carbocycles. The maximum atomic E-state index is 11.3. The van der Waals surface area contributed by atoms with E-state index in [4.69, 9.17) is 0 Å². The van der Waals surface area contributed by atoms with Crippen molar-refractivity contribution in [3.63, 3.8) is 0 Å². The Labute approximate surface area is 121 Å². The fourth-order valence-electron chi connectivity index (χ4n) is 2.40. The van der Waals surface area contributed by atoms with E-state index in [-0.39, 0.29) is 5.91 Å². The SMILES string of the molecule is C=CC(=O)Nc1c[c]cc(CN2CCN(CC)CC2)c1. The van der Waals surface area contributed by atoms with E-state index in [1.54, 1.807) is 6.07 Å². The van der Waals surface area contributed by atoms with Crippen LogP contribution in [0.3, 0.4) is 0 Å². The lowest BCUT2D eigenvalue weighted by Crippen LogP contribution is -2.45. The molecule has 107 valence electrons. The van der Waals surface area contributed by atoms with Crippen molar-refractivity contribution in [2.45, 2.75) is 13.5 Å². The Morgan fingerprint density at radius 1 is 1.35 bits per heavy atom. The van der Waals surface area contributed by atoms with Crippen molar-refractivity contribution in [1.82, 2.24) is 9.80 Å². The zero-order chi connectivity index (χ0) is 14.4. The maximum absolute atomic E-state index is 11.3. The second-order valence-corrected chi connectivity index (χ2v) is 5.03. The molecule has 1 heterocycles. The summed E-state index contributed by atoms with van der Waals surface area (Å²) in [6.45, 7) is 12.1. The van der Waals surface area contributed by atoms with E-state index >= 15 is 0 Å². The molecular formula is C16H22N3O. The number of amides is 1. The molecule has 1 N–H and O–H groups in total. The third-order valence-electron chi connectivity index (χ3n) is 3.62. The van der Waals surface area contributed by atoms with Gasteiger partial charge in [-0.15, -0.1) is 0 Å². The number of piperazine rings is 1. The van der Waals surface area contributed by atoms with E-state index in [1.807, 2.05) is 12.1 Å². The first-order valence-corrected chi connectivity index (χ1v) is 7.09. The van der Waals surface area contributed by atoms with E-state index in [9.17, 15) is 4.79 Å². The number of hydrogen-bond donors (Lipinski definition) is 1. The largest absolute Gasteiger partial charge is 0.322 e. The predicted octanol–water partition coefficient (Wildman–Crippen LogP) is 1.75. The molecule has 1 aliphatic heterocycles. The number of benzene rings is 1. The third kappa shape index (κ3) is 4.18. The lowest BCUT2D eigenvalue weighted by molar-refractivity contribution is -0.111. The second-order valence-electron chi connectivity index (χ2n) is 5.03. The fourth-order valence-corrected chi connectivity index (χ4v) is 2.40. The van der Waals surface area contributed by atoms with Crippen LogP contribution >= 0.6 is 0 Å². The van der Waals surface area contributed by atoms with Crippen molar-refractivity contribution in [3.05, 3.63) is 42.5 Å². The van der Waals surface area contributed by atoms with Crippen LogP contribution in [0.5, 0.6) is 0 Å². The topological polar surface area (TPSA) is 35.6 Å². The molecule has 1 aliphatic rings. The molecule has 4 nitrogen and oxygen atoms in total. The van der Waals surface area contributed by atoms with Gasteiger partial charge in [-0.05, 0) is 42.4 Å². The summed E-state index contributed by atoms with van der Waals surface area (Å²) >= 11 is 0. The third-order valence-corrected chi connectivity index (χ3v) is 3.62. The Hall–Kier alpha value is -1.65. The van der Waals surface area contributed by atoms with E-state index in [0.717, 1.165) is 45.0 Å². The molecule has 0 spiro atoms. The number of anilines is 1. The van der Waals surface area contributed by atoms with Gasteiger partial charge in [-0.1, -0.05) is 13.5 Å². The van der Waals surface area contributed by atoms with Crippen LogP contribution in [0.1, 0.15) is 12.5 Å².